The molecule has 0 radical (unpaired) electrons. The first kappa shape index (κ1) is 26.0. The van der Waals surface area contributed by atoms with E-state index in [1.165, 1.54) is 11.8 Å². The molecular formula is C27H23F3N6O3. The lowest BCUT2D eigenvalue weighted by atomic mass is 9.88. The van der Waals surface area contributed by atoms with E-state index in [0.717, 1.165) is 21.6 Å². The summed E-state index contributed by atoms with van der Waals surface area (Å²) in [5.41, 5.74) is 4.52. The fourth-order valence-corrected chi connectivity index (χ4v) is 4.63. The van der Waals surface area contributed by atoms with E-state index in [9.17, 15) is 22.8 Å². The van der Waals surface area contributed by atoms with Gasteiger partial charge in [0.2, 0.25) is 0 Å². The molecule has 0 bridgehead atoms. The fourth-order valence-electron chi connectivity index (χ4n) is 4.63. The van der Waals surface area contributed by atoms with Gasteiger partial charge in [-0.3, -0.25) is 14.8 Å². The molecule has 39 heavy (non-hydrogen) atoms. The molecule has 1 aliphatic heterocycles. The predicted octanol–water partition coefficient (Wildman–Crippen LogP) is 4.45. The fraction of sp³-hybridized carbons (Fsp3) is 0.259. The zero-order valence-corrected chi connectivity index (χ0v) is 20.8. The van der Waals surface area contributed by atoms with Gasteiger partial charge >= 0.3 is 18.1 Å². The Morgan fingerprint density at radius 3 is 2.36 bits per heavy atom. The standard InChI is InChI=1S/C27H23F3N6O3/c1-39-25(37)21-12-20(13-22(14-21)36-16-24(33-34-36)23-15-31-8-9-32-23)18-4-2-17(3-5-18)19-6-10-35(11-7-19)26(38)27(28,29)30/h2-5,8-9,12-16,19H,6-7,10-11H2,1H3. The van der Waals surface area contributed by atoms with Gasteiger partial charge in [0.1, 0.15) is 11.4 Å². The van der Waals surface area contributed by atoms with Crippen LogP contribution < -0.4 is 0 Å². The number of halogens is 3. The summed E-state index contributed by atoms with van der Waals surface area (Å²) in [5, 5.41) is 8.34. The van der Waals surface area contributed by atoms with Crippen molar-refractivity contribution in [2.24, 2.45) is 0 Å². The number of amides is 1. The summed E-state index contributed by atoms with van der Waals surface area (Å²) in [4.78, 5) is 33.1. The van der Waals surface area contributed by atoms with Gasteiger partial charge in [0.15, 0.2) is 0 Å². The van der Waals surface area contributed by atoms with Gasteiger partial charge in [-0.1, -0.05) is 29.5 Å². The van der Waals surface area contributed by atoms with Crippen molar-refractivity contribution >= 4 is 11.9 Å². The van der Waals surface area contributed by atoms with Crippen LogP contribution in [0.2, 0.25) is 0 Å². The van der Waals surface area contributed by atoms with Crippen LogP contribution in [0.3, 0.4) is 0 Å². The van der Waals surface area contributed by atoms with Crippen molar-refractivity contribution in [1.29, 1.82) is 0 Å². The van der Waals surface area contributed by atoms with E-state index in [2.05, 4.69) is 20.3 Å². The largest absolute Gasteiger partial charge is 0.471 e. The molecular weight excluding hydrogens is 513 g/mol. The van der Waals surface area contributed by atoms with E-state index in [1.807, 2.05) is 30.3 Å². The second-order valence-electron chi connectivity index (χ2n) is 9.09. The average molecular weight is 537 g/mol. The lowest BCUT2D eigenvalue weighted by molar-refractivity contribution is -0.186. The third-order valence-electron chi connectivity index (χ3n) is 6.66. The average Bonchev–Trinajstić information content (AvgIpc) is 3.47. The number of benzene rings is 2. The monoisotopic (exact) mass is 536 g/mol. The highest BCUT2D eigenvalue weighted by atomic mass is 19.4. The Morgan fingerprint density at radius 2 is 1.72 bits per heavy atom. The van der Waals surface area contributed by atoms with E-state index in [0.29, 0.717) is 35.5 Å². The highest BCUT2D eigenvalue weighted by molar-refractivity contribution is 5.92. The number of methoxy groups -OCH3 is 1. The van der Waals surface area contributed by atoms with Crippen LogP contribution in [0.1, 0.15) is 34.7 Å². The minimum Gasteiger partial charge on any atom is -0.465 e. The van der Waals surface area contributed by atoms with Crippen molar-refractivity contribution in [3.05, 3.63) is 78.4 Å². The lowest BCUT2D eigenvalue weighted by Gasteiger charge is -2.32. The molecule has 0 atom stereocenters. The number of ether oxygens (including phenoxy) is 1. The molecule has 2 aromatic carbocycles. The molecule has 4 aromatic rings. The number of likely N-dealkylation sites (tertiary alicyclic amines) is 1. The number of hydrogen-bond donors (Lipinski definition) is 0. The van der Waals surface area contributed by atoms with Crippen LogP contribution >= 0.6 is 0 Å². The van der Waals surface area contributed by atoms with Crippen molar-refractivity contribution in [3.8, 4) is 28.2 Å². The van der Waals surface area contributed by atoms with Gasteiger partial charge in [0.05, 0.1) is 30.8 Å². The Hall–Kier alpha value is -4.61. The molecule has 3 heterocycles. The number of alkyl halides is 3. The Morgan fingerprint density at radius 1 is 0.974 bits per heavy atom. The summed E-state index contributed by atoms with van der Waals surface area (Å²) in [5.74, 6) is -2.25. The molecule has 200 valence electrons. The summed E-state index contributed by atoms with van der Waals surface area (Å²) in [6.07, 6.45) is 2.42. The second kappa shape index (κ2) is 10.6. The van der Waals surface area contributed by atoms with Crippen molar-refractivity contribution in [3.63, 3.8) is 0 Å². The maximum Gasteiger partial charge on any atom is 0.471 e. The van der Waals surface area contributed by atoms with E-state index >= 15 is 0 Å². The maximum atomic E-state index is 12.7. The van der Waals surface area contributed by atoms with Crippen LogP contribution in [0.5, 0.6) is 0 Å². The Labute approximate surface area is 221 Å². The Bertz CT molecular complexity index is 1480. The van der Waals surface area contributed by atoms with Gasteiger partial charge in [-0.05, 0) is 53.6 Å². The van der Waals surface area contributed by atoms with Crippen molar-refractivity contribution < 1.29 is 27.5 Å². The molecule has 1 fully saturated rings. The summed E-state index contributed by atoms with van der Waals surface area (Å²) in [7, 11) is 1.30. The van der Waals surface area contributed by atoms with E-state index in [4.69, 9.17) is 4.74 Å². The quantitative estimate of drug-likeness (QED) is 0.347. The summed E-state index contributed by atoms with van der Waals surface area (Å²) in [6.45, 7) is 0.119. The SMILES string of the molecule is COC(=O)c1cc(-c2ccc(C3CCN(C(=O)C(F)(F)F)CC3)cc2)cc(-n2cc(-c3cnccn3)nn2)c1. The molecule has 0 saturated carbocycles. The molecule has 1 aliphatic rings. The highest BCUT2D eigenvalue weighted by Crippen LogP contribution is 2.32. The lowest BCUT2D eigenvalue weighted by Crippen LogP contribution is -2.45. The number of rotatable bonds is 5. The number of carbonyl (C=O) groups is 2. The van der Waals surface area contributed by atoms with Crippen LogP contribution in [0.4, 0.5) is 13.2 Å². The highest BCUT2D eigenvalue weighted by Gasteiger charge is 2.43. The zero-order chi connectivity index (χ0) is 27.6. The number of carbonyl (C=O) groups excluding carboxylic acids is 2. The summed E-state index contributed by atoms with van der Waals surface area (Å²) in [6, 6.07) is 12.9. The van der Waals surface area contributed by atoms with Crippen molar-refractivity contribution in [1.82, 2.24) is 29.9 Å². The van der Waals surface area contributed by atoms with E-state index in [1.54, 1.807) is 36.9 Å². The Kier molecular flexibility index (Phi) is 7.09. The molecule has 0 unspecified atom stereocenters. The van der Waals surface area contributed by atoms with Crippen LogP contribution in [0.15, 0.2) is 67.3 Å². The molecule has 5 rings (SSSR count). The molecule has 1 amide bonds. The normalized spacial score (nSPS) is 14.3. The van der Waals surface area contributed by atoms with E-state index < -0.39 is 18.1 Å². The molecule has 0 spiro atoms. The van der Waals surface area contributed by atoms with Gasteiger partial charge in [0, 0.05) is 25.5 Å². The second-order valence-corrected chi connectivity index (χ2v) is 9.09. The first-order valence-corrected chi connectivity index (χ1v) is 12.1. The number of nitrogens with zero attached hydrogens (tertiary/aromatic N) is 6. The number of piperidine rings is 1. The predicted molar refractivity (Wildman–Crippen MR) is 134 cm³/mol. The van der Waals surface area contributed by atoms with Crippen molar-refractivity contribution in [2.75, 3.05) is 20.2 Å². The summed E-state index contributed by atoms with van der Waals surface area (Å²) < 4.78 is 44.7. The topological polar surface area (TPSA) is 103 Å². The van der Waals surface area contributed by atoms with Gasteiger partial charge in [-0.25, -0.2) is 9.48 Å². The third-order valence-corrected chi connectivity index (χ3v) is 6.66. The van der Waals surface area contributed by atoms with Crippen LogP contribution in [0.25, 0.3) is 28.2 Å². The smallest absolute Gasteiger partial charge is 0.465 e. The first-order chi connectivity index (χ1) is 18.7. The molecule has 9 nitrogen and oxygen atoms in total. The molecule has 12 heteroatoms. The van der Waals surface area contributed by atoms with Gasteiger partial charge in [-0.15, -0.1) is 5.10 Å². The number of hydrogen-bond acceptors (Lipinski definition) is 7. The number of aromatic nitrogens is 5. The Balaban J connectivity index is 1.38. The third kappa shape index (κ3) is 5.64. The van der Waals surface area contributed by atoms with Crippen LogP contribution in [-0.2, 0) is 9.53 Å². The maximum absolute atomic E-state index is 12.7. The van der Waals surface area contributed by atoms with E-state index in [-0.39, 0.29) is 19.0 Å². The minimum atomic E-state index is -4.85. The minimum absolute atomic E-state index is 0.0444. The van der Waals surface area contributed by atoms with Gasteiger partial charge in [0.25, 0.3) is 0 Å². The first-order valence-electron chi connectivity index (χ1n) is 12.1. The van der Waals surface area contributed by atoms with Gasteiger partial charge in [-0.2, -0.15) is 13.2 Å². The number of esters is 1. The van der Waals surface area contributed by atoms with Crippen LogP contribution in [-0.4, -0.2) is 68.1 Å². The molecule has 2 aromatic heterocycles. The zero-order valence-electron chi connectivity index (χ0n) is 20.8. The van der Waals surface area contributed by atoms with Crippen LogP contribution in [0, 0.1) is 0 Å². The molecule has 0 N–H and O–H groups in total. The van der Waals surface area contributed by atoms with Gasteiger partial charge < -0.3 is 9.64 Å². The van der Waals surface area contributed by atoms with Crippen molar-refractivity contribution in [2.45, 2.75) is 24.9 Å². The summed E-state index contributed by atoms with van der Waals surface area (Å²) >= 11 is 0. The molecule has 1 saturated heterocycles. The molecule has 0 aliphatic carbocycles.